The maximum Gasteiger partial charge on any atom is 0.244 e. The third kappa shape index (κ3) is 2.81. The number of sulfonamides is 1. The van der Waals surface area contributed by atoms with Gasteiger partial charge in [0.15, 0.2) is 0 Å². The van der Waals surface area contributed by atoms with Gasteiger partial charge in [-0.3, -0.25) is 0 Å². The van der Waals surface area contributed by atoms with Gasteiger partial charge in [-0.15, -0.1) is 0 Å². The van der Waals surface area contributed by atoms with Crippen LogP contribution in [-0.4, -0.2) is 25.8 Å². The van der Waals surface area contributed by atoms with Gasteiger partial charge < -0.3 is 0 Å². The number of halogens is 2. The van der Waals surface area contributed by atoms with Gasteiger partial charge in [0, 0.05) is 22.0 Å². The van der Waals surface area contributed by atoms with E-state index in [1.807, 2.05) is 0 Å². The zero-order valence-electron chi connectivity index (χ0n) is 10.3. The summed E-state index contributed by atoms with van der Waals surface area (Å²) in [7, 11) is -3.39. The summed E-state index contributed by atoms with van der Waals surface area (Å²) in [6.07, 6.45) is 0.903. The SMILES string of the molecule is CC1(C)CCN(S(=O)(=O)c2ccc(Br)cc2Br)C1. The van der Waals surface area contributed by atoms with Gasteiger partial charge in [-0.2, -0.15) is 4.31 Å². The number of benzene rings is 1. The first-order valence-corrected chi connectivity index (χ1v) is 8.70. The molecule has 1 saturated heterocycles. The lowest BCUT2D eigenvalue weighted by Gasteiger charge is -2.20. The largest absolute Gasteiger partial charge is 0.244 e. The van der Waals surface area contributed by atoms with Crippen molar-refractivity contribution in [1.29, 1.82) is 0 Å². The number of nitrogens with zero attached hydrogens (tertiary/aromatic N) is 1. The third-order valence-electron chi connectivity index (χ3n) is 3.15. The Bertz CT molecular complexity index is 569. The van der Waals surface area contributed by atoms with Crippen LogP contribution in [-0.2, 0) is 10.0 Å². The molecule has 0 radical (unpaired) electrons. The molecule has 0 saturated carbocycles. The highest BCUT2D eigenvalue weighted by Gasteiger charge is 2.37. The Morgan fingerprint density at radius 3 is 2.44 bits per heavy atom. The van der Waals surface area contributed by atoms with Crippen molar-refractivity contribution in [3.8, 4) is 0 Å². The highest BCUT2D eigenvalue weighted by Crippen LogP contribution is 2.35. The summed E-state index contributed by atoms with van der Waals surface area (Å²) in [6.45, 7) is 5.37. The van der Waals surface area contributed by atoms with E-state index in [0.717, 1.165) is 10.9 Å². The monoisotopic (exact) mass is 395 g/mol. The molecule has 0 aromatic heterocycles. The first-order chi connectivity index (χ1) is 8.22. The number of rotatable bonds is 2. The van der Waals surface area contributed by atoms with Crippen LogP contribution in [0.4, 0.5) is 0 Å². The van der Waals surface area contributed by atoms with Crippen LogP contribution in [0, 0.1) is 5.41 Å². The molecule has 1 heterocycles. The Kier molecular flexibility index (Phi) is 3.94. The van der Waals surface area contributed by atoms with Crippen molar-refractivity contribution in [2.24, 2.45) is 5.41 Å². The fourth-order valence-corrected chi connectivity index (χ4v) is 5.43. The quantitative estimate of drug-likeness (QED) is 0.765. The Hall–Kier alpha value is 0.0900. The first-order valence-electron chi connectivity index (χ1n) is 5.68. The highest BCUT2D eigenvalue weighted by molar-refractivity contribution is 9.11. The van der Waals surface area contributed by atoms with Crippen molar-refractivity contribution in [3.63, 3.8) is 0 Å². The van der Waals surface area contributed by atoms with Crippen LogP contribution in [0.3, 0.4) is 0 Å². The van der Waals surface area contributed by atoms with Crippen LogP contribution in [0.1, 0.15) is 20.3 Å². The summed E-state index contributed by atoms with van der Waals surface area (Å²) in [5.74, 6) is 0. The number of hydrogen-bond acceptors (Lipinski definition) is 2. The highest BCUT2D eigenvalue weighted by atomic mass is 79.9. The molecule has 0 N–H and O–H groups in total. The van der Waals surface area contributed by atoms with Gasteiger partial charge in [-0.25, -0.2) is 8.42 Å². The van der Waals surface area contributed by atoms with Crippen LogP contribution in [0.15, 0.2) is 32.0 Å². The summed E-state index contributed by atoms with van der Waals surface area (Å²) < 4.78 is 28.1. The van der Waals surface area contributed by atoms with E-state index in [4.69, 9.17) is 0 Å². The van der Waals surface area contributed by atoms with E-state index >= 15 is 0 Å². The molecule has 100 valence electrons. The summed E-state index contributed by atoms with van der Waals surface area (Å²) in [5, 5.41) is 0. The van der Waals surface area contributed by atoms with Gasteiger partial charge in [0.25, 0.3) is 0 Å². The van der Waals surface area contributed by atoms with Crippen molar-refractivity contribution >= 4 is 41.9 Å². The van der Waals surface area contributed by atoms with E-state index in [9.17, 15) is 8.42 Å². The molecule has 0 atom stereocenters. The Morgan fingerprint density at radius 1 is 1.28 bits per heavy atom. The molecule has 1 aromatic rings. The van der Waals surface area contributed by atoms with Gasteiger partial charge in [0.1, 0.15) is 0 Å². The Labute approximate surface area is 125 Å². The van der Waals surface area contributed by atoms with Gasteiger partial charge in [0.2, 0.25) is 10.0 Å². The second kappa shape index (κ2) is 4.89. The minimum atomic E-state index is -3.39. The van der Waals surface area contributed by atoms with Crippen LogP contribution in [0.5, 0.6) is 0 Å². The Morgan fingerprint density at radius 2 is 1.94 bits per heavy atom. The Balaban J connectivity index is 2.38. The molecule has 18 heavy (non-hydrogen) atoms. The van der Waals surface area contributed by atoms with E-state index in [1.54, 1.807) is 22.5 Å². The van der Waals surface area contributed by atoms with E-state index < -0.39 is 10.0 Å². The second-order valence-electron chi connectivity index (χ2n) is 5.33. The second-order valence-corrected chi connectivity index (χ2v) is 9.00. The van der Waals surface area contributed by atoms with E-state index in [1.165, 1.54) is 0 Å². The van der Waals surface area contributed by atoms with Crippen LogP contribution >= 0.6 is 31.9 Å². The summed E-state index contributed by atoms with van der Waals surface area (Å²) >= 11 is 6.65. The molecule has 1 aliphatic heterocycles. The van der Waals surface area contributed by atoms with Crippen LogP contribution < -0.4 is 0 Å². The van der Waals surface area contributed by atoms with Gasteiger partial charge in [0.05, 0.1) is 4.90 Å². The summed E-state index contributed by atoms with van der Waals surface area (Å²) in [6, 6.07) is 5.14. The molecular formula is C12H15Br2NO2S. The van der Waals surface area contributed by atoms with Crippen molar-refractivity contribution in [1.82, 2.24) is 4.31 Å². The summed E-state index contributed by atoms with van der Waals surface area (Å²) in [4.78, 5) is 0.336. The van der Waals surface area contributed by atoms with Gasteiger partial charge in [-0.05, 0) is 46.0 Å². The lowest BCUT2D eigenvalue weighted by atomic mass is 9.93. The average molecular weight is 397 g/mol. The van der Waals surface area contributed by atoms with E-state index in [2.05, 4.69) is 45.7 Å². The minimum absolute atomic E-state index is 0.0644. The predicted molar refractivity (Wildman–Crippen MR) is 79.0 cm³/mol. The summed E-state index contributed by atoms with van der Waals surface area (Å²) in [5.41, 5.74) is 0.0644. The predicted octanol–water partition coefficient (Wildman–Crippen LogP) is 3.63. The lowest BCUT2D eigenvalue weighted by molar-refractivity contribution is 0.375. The molecule has 2 rings (SSSR count). The van der Waals surface area contributed by atoms with Gasteiger partial charge in [-0.1, -0.05) is 29.8 Å². The van der Waals surface area contributed by atoms with Crippen molar-refractivity contribution < 1.29 is 8.42 Å². The van der Waals surface area contributed by atoms with Crippen molar-refractivity contribution in [2.45, 2.75) is 25.2 Å². The molecule has 3 nitrogen and oxygen atoms in total. The topological polar surface area (TPSA) is 37.4 Å². The average Bonchev–Trinajstić information content (AvgIpc) is 2.58. The molecule has 6 heteroatoms. The fourth-order valence-electron chi connectivity index (χ4n) is 2.09. The molecule has 1 fully saturated rings. The normalized spacial score (nSPS) is 20.2. The molecule has 0 spiro atoms. The molecule has 0 bridgehead atoms. The van der Waals surface area contributed by atoms with E-state index in [0.29, 0.717) is 22.5 Å². The number of hydrogen-bond donors (Lipinski definition) is 0. The molecule has 1 aromatic carbocycles. The van der Waals surface area contributed by atoms with Crippen molar-refractivity contribution in [2.75, 3.05) is 13.1 Å². The van der Waals surface area contributed by atoms with Crippen molar-refractivity contribution in [3.05, 3.63) is 27.1 Å². The molecule has 1 aliphatic rings. The molecule has 0 amide bonds. The third-order valence-corrected chi connectivity index (χ3v) is 6.47. The maximum absolute atomic E-state index is 12.5. The van der Waals surface area contributed by atoms with Crippen LogP contribution in [0.2, 0.25) is 0 Å². The molecule has 0 unspecified atom stereocenters. The smallest absolute Gasteiger partial charge is 0.207 e. The maximum atomic E-state index is 12.5. The molecule has 0 aliphatic carbocycles. The zero-order chi connectivity index (χ0) is 13.6. The van der Waals surface area contributed by atoms with E-state index in [-0.39, 0.29) is 5.41 Å². The standard InChI is InChI=1S/C12H15Br2NO2S/c1-12(2)5-6-15(8-12)18(16,17)11-4-3-9(13)7-10(11)14/h3-4,7H,5-6,8H2,1-2H3. The first kappa shape index (κ1) is 14.5. The lowest BCUT2D eigenvalue weighted by Crippen LogP contribution is -2.30. The fraction of sp³-hybridized carbons (Fsp3) is 0.500. The van der Waals surface area contributed by atoms with Gasteiger partial charge >= 0.3 is 0 Å². The zero-order valence-corrected chi connectivity index (χ0v) is 14.3. The molecular weight excluding hydrogens is 382 g/mol. The minimum Gasteiger partial charge on any atom is -0.207 e. The van der Waals surface area contributed by atoms with Crippen LogP contribution in [0.25, 0.3) is 0 Å².